The van der Waals surface area contributed by atoms with Gasteiger partial charge in [-0.15, -0.1) is 0 Å². The number of rotatable bonds is 6. The molecule has 1 spiro atoms. The van der Waals surface area contributed by atoms with Crippen LogP contribution in [0.4, 0.5) is 14.5 Å². The molecule has 0 aromatic carbocycles. The molecule has 1 saturated carbocycles. The van der Waals surface area contributed by atoms with Gasteiger partial charge in [-0.25, -0.2) is 0 Å². The Kier molecular flexibility index (Phi) is 6.01. The Bertz CT molecular complexity index is 1100. The quantitative estimate of drug-likeness (QED) is 0.669. The minimum Gasteiger partial charge on any atom is -0.479 e. The zero-order valence-corrected chi connectivity index (χ0v) is 18.4. The molecule has 4 rings (SSSR count). The van der Waals surface area contributed by atoms with Crippen LogP contribution in [-0.4, -0.2) is 36.0 Å². The molecule has 1 N–H and O–H groups in total. The van der Waals surface area contributed by atoms with Crippen LogP contribution in [0.3, 0.4) is 0 Å². The van der Waals surface area contributed by atoms with Crippen molar-refractivity contribution in [2.45, 2.75) is 44.2 Å². The van der Waals surface area contributed by atoms with Crippen molar-refractivity contribution in [2.24, 2.45) is 0 Å². The summed E-state index contributed by atoms with van der Waals surface area (Å²) in [6.45, 7) is 3.52. The maximum Gasteiger partial charge on any atom is 0.255 e. The lowest BCUT2D eigenvalue weighted by molar-refractivity contribution is -0.124. The largest absolute Gasteiger partial charge is 0.479 e. The minimum atomic E-state index is -1.07. The summed E-state index contributed by atoms with van der Waals surface area (Å²) in [6, 6.07) is 1.81. The number of anilines is 1. The Morgan fingerprint density at radius 2 is 1.88 bits per heavy atom. The van der Waals surface area contributed by atoms with E-state index in [0.29, 0.717) is 24.1 Å². The Balaban J connectivity index is 1.82. The van der Waals surface area contributed by atoms with Crippen LogP contribution >= 0.6 is 0 Å². The van der Waals surface area contributed by atoms with E-state index in [-0.39, 0.29) is 19.0 Å². The molecule has 174 valence electrons. The first kappa shape index (κ1) is 22.6. The van der Waals surface area contributed by atoms with Gasteiger partial charge in [0.25, 0.3) is 11.8 Å². The van der Waals surface area contributed by atoms with Crippen LogP contribution in [0.1, 0.15) is 42.5 Å². The van der Waals surface area contributed by atoms with Crippen molar-refractivity contribution in [1.82, 2.24) is 15.3 Å². The lowest BCUT2D eigenvalue weighted by atomic mass is 9.73. The molecule has 0 saturated heterocycles. The number of pyridine rings is 2. The maximum atomic E-state index is 15.2. The lowest BCUT2D eigenvalue weighted by Gasteiger charge is -2.41. The minimum absolute atomic E-state index is 0.0770. The second-order valence-corrected chi connectivity index (χ2v) is 8.04. The number of nitrogens with zero attached hydrogens (tertiary/aromatic N) is 3. The SMILES string of the molecule is C=CC(=O)NCc1cc2c(cn1)CN(c1c(F)c(OC)nc(OC)c1F)C(=O)C21CCCC1. The number of amides is 2. The summed E-state index contributed by atoms with van der Waals surface area (Å²) in [4.78, 5) is 34.5. The van der Waals surface area contributed by atoms with E-state index >= 15 is 8.78 Å². The predicted octanol–water partition coefficient (Wildman–Crippen LogP) is 2.93. The number of carbonyl (C=O) groups excluding carboxylic acids is 2. The van der Waals surface area contributed by atoms with Crippen molar-refractivity contribution in [1.29, 1.82) is 0 Å². The van der Waals surface area contributed by atoms with E-state index < -0.39 is 40.4 Å². The zero-order valence-electron chi connectivity index (χ0n) is 18.4. The summed E-state index contributed by atoms with van der Waals surface area (Å²) >= 11 is 0. The second kappa shape index (κ2) is 8.76. The third-order valence-corrected chi connectivity index (χ3v) is 6.28. The number of hydrogen-bond donors (Lipinski definition) is 1. The molecule has 0 bridgehead atoms. The molecule has 2 aromatic heterocycles. The molecule has 3 heterocycles. The van der Waals surface area contributed by atoms with Crippen LogP contribution in [-0.2, 0) is 28.1 Å². The van der Waals surface area contributed by atoms with Crippen LogP contribution in [0, 0.1) is 11.6 Å². The van der Waals surface area contributed by atoms with E-state index in [1.165, 1.54) is 20.3 Å². The molecule has 1 aliphatic heterocycles. The number of ether oxygens (including phenoxy) is 2. The van der Waals surface area contributed by atoms with Crippen molar-refractivity contribution in [3.05, 3.63) is 53.4 Å². The number of nitrogens with one attached hydrogen (secondary N) is 1. The van der Waals surface area contributed by atoms with Gasteiger partial charge >= 0.3 is 0 Å². The zero-order chi connectivity index (χ0) is 23.8. The van der Waals surface area contributed by atoms with E-state index in [1.54, 1.807) is 12.3 Å². The maximum absolute atomic E-state index is 15.2. The second-order valence-electron chi connectivity index (χ2n) is 8.04. The molecule has 0 atom stereocenters. The van der Waals surface area contributed by atoms with E-state index in [4.69, 9.17) is 9.47 Å². The topological polar surface area (TPSA) is 93.7 Å². The van der Waals surface area contributed by atoms with E-state index in [0.717, 1.165) is 23.3 Å². The highest BCUT2D eigenvalue weighted by Gasteiger charge is 2.51. The predicted molar refractivity (Wildman–Crippen MR) is 115 cm³/mol. The summed E-state index contributed by atoms with van der Waals surface area (Å²) in [7, 11) is 2.41. The first-order chi connectivity index (χ1) is 15.9. The fourth-order valence-electron chi connectivity index (χ4n) is 4.70. The first-order valence-electron chi connectivity index (χ1n) is 10.5. The molecule has 10 heteroatoms. The number of carbonyl (C=O) groups is 2. The van der Waals surface area contributed by atoms with E-state index in [1.807, 2.05) is 0 Å². The van der Waals surface area contributed by atoms with Gasteiger partial charge in [-0.2, -0.15) is 13.8 Å². The summed E-state index contributed by atoms with van der Waals surface area (Å²) in [6.07, 6.45) is 5.45. The Hall–Kier alpha value is -3.56. The molecule has 0 unspecified atom stereocenters. The number of fused-ring (bicyclic) bond motifs is 2. The van der Waals surface area contributed by atoms with Crippen molar-refractivity contribution in [2.75, 3.05) is 19.1 Å². The summed E-state index contributed by atoms with van der Waals surface area (Å²) in [5.74, 6) is -3.80. The van der Waals surface area contributed by atoms with E-state index in [9.17, 15) is 9.59 Å². The Morgan fingerprint density at radius 1 is 1.24 bits per heavy atom. The normalized spacial score (nSPS) is 16.5. The van der Waals surface area contributed by atoms with Gasteiger partial charge in [0.1, 0.15) is 5.69 Å². The first-order valence-corrected chi connectivity index (χ1v) is 10.5. The molecular weight excluding hydrogens is 434 g/mol. The smallest absolute Gasteiger partial charge is 0.255 e. The van der Waals surface area contributed by atoms with Gasteiger partial charge < -0.3 is 19.7 Å². The fraction of sp³-hybridized carbons (Fsp3) is 0.391. The van der Waals surface area contributed by atoms with Gasteiger partial charge in [0, 0.05) is 6.20 Å². The average Bonchev–Trinajstić information content (AvgIpc) is 3.32. The third kappa shape index (κ3) is 3.69. The van der Waals surface area contributed by atoms with Gasteiger partial charge in [0.2, 0.25) is 23.4 Å². The van der Waals surface area contributed by atoms with Gasteiger partial charge in [0.05, 0.1) is 38.4 Å². The molecule has 8 nitrogen and oxygen atoms in total. The van der Waals surface area contributed by atoms with E-state index in [2.05, 4.69) is 21.9 Å². The highest BCUT2D eigenvalue weighted by Crippen LogP contribution is 2.49. The van der Waals surface area contributed by atoms with Crippen molar-refractivity contribution >= 4 is 17.5 Å². The average molecular weight is 458 g/mol. The molecule has 2 amide bonds. The highest BCUT2D eigenvalue weighted by molar-refractivity contribution is 6.03. The van der Waals surface area contributed by atoms with Gasteiger partial charge in [-0.3, -0.25) is 14.6 Å². The van der Waals surface area contributed by atoms with Gasteiger partial charge in [0.15, 0.2) is 0 Å². The lowest BCUT2D eigenvalue weighted by Crippen LogP contribution is -2.50. The monoisotopic (exact) mass is 458 g/mol. The number of methoxy groups -OCH3 is 2. The van der Waals surface area contributed by atoms with Crippen LogP contribution in [0.15, 0.2) is 24.9 Å². The Labute approximate surface area is 189 Å². The molecule has 0 radical (unpaired) electrons. The molecule has 2 aliphatic rings. The molecule has 2 aromatic rings. The summed E-state index contributed by atoms with van der Waals surface area (Å²) in [5.41, 5.74) is 0.567. The molecule has 1 fully saturated rings. The molecular formula is C23H24F2N4O4. The van der Waals surface area contributed by atoms with Crippen LogP contribution in [0.5, 0.6) is 11.8 Å². The van der Waals surface area contributed by atoms with Crippen molar-refractivity contribution in [3.63, 3.8) is 0 Å². The third-order valence-electron chi connectivity index (χ3n) is 6.28. The summed E-state index contributed by atoms with van der Waals surface area (Å²) in [5, 5.41) is 2.67. The number of aromatic nitrogens is 2. The number of hydrogen-bond acceptors (Lipinski definition) is 6. The Morgan fingerprint density at radius 3 is 2.45 bits per heavy atom. The van der Waals surface area contributed by atoms with Crippen LogP contribution < -0.4 is 19.7 Å². The van der Waals surface area contributed by atoms with Crippen molar-refractivity contribution < 1.29 is 27.8 Å². The van der Waals surface area contributed by atoms with Gasteiger partial charge in [-0.05, 0) is 36.1 Å². The summed E-state index contributed by atoms with van der Waals surface area (Å²) < 4.78 is 40.3. The fourth-order valence-corrected chi connectivity index (χ4v) is 4.70. The van der Waals surface area contributed by atoms with Crippen LogP contribution in [0.2, 0.25) is 0 Å². The standard InChI is InChI=1S/C23H24F2N4O4/c1-4-16(30)27-11-14-9-15-13(10-26-14)12-29(22(31)23(15)7-5-6-8-23)19-17(24)20(32-2)28-21(33-3)18(19)25/h4,9-10H,1,5-8,11-12H2,2-3H3,(H,27,30). The molecule has 33 heavy (non-hydrogen) atoms. The molecule has 1 aliphatic carbocycles. The van der Waals surface area contributed by atoms with Crippen molar-refractivity contribution in [3.8, 4) is 11.8 Å². The van der Waals surface area contributed by atoms with Gasteiger partial charge in [-0.1, -0.05) is 19.4 Å². The number of halogens is 2. The van der Waals surface area contributed by atoms with Crippen LogP contribution in [0.25, 0.3) is 0 Å². The highest BCUT2D eigenvalue weighted by atomic mass is 19.1.